The number of rotatable bonds is 4. The van der Waals surface area contributed by atoms with Crippen molar-refractivity contribution in [1.82, 2.24) is 18.9 Å². The third-order valence-corrected chi connectivity index (χ3v) is 7.78. The van der Waals surface area contributed by atoms with Crippen molar-refractivity contribution in [3.8, 4) is 11.3 Å². The van der Waals surface area contributed by atoms with Crippen LogP contribution in [0.2, 0.25) is 0 Å². The molecule has 2 aromatic carbocycles. The zero-order chi connectivity index (χ0) is 25.1. The van der Waals surface area contributed by atoms with Gasteiger partial charge in [-0.3, -0.25) is 4.79 Å². The standard InChI is InChI=1S/C27H26N4O3S/c1-16-6-9-18(10-7-16)35(33,34)31-15-21(19-11-8-17(2)12-23(19)31)22-14-29-26-24(30-22)20(13-28-26)25(32)27(3,4)5/h6-15H,1-5H3,(H,28,29). The van der Waals surface area contributed by atoms with E-state index < -0.39 is 15.4 Å². The van der Waals surface area contributed by atoms with Crippen LogP contribution in [-0.2, 0) is 10.0 Å². The lowest BCUT2D eigenvalue weighted by molar-refractivity contribution is 0.0860. The molecule has 178 valence electrons. The number of nitrogens with zero attached hydrogens (tertiary/aromatic N) is 3. The van der Waals surface area contributed by atoms with Gasteiger partial charge in [-0.25, -0.2) is 22.4 Å². The molecular formula is C27H26N4O3S. The summed E-state index contributed by atoms with van der Waals surface area (Å²) in [7, 11) is -3.85. The number of benzene rings is 2. The Bertz CT molecular complexity index is 1720. The molecule has 0 saturated carbocycles. The number of hydrogen-bond acceptors (Lipinski definition) is 5. The fraction of sp³-hybridized carbons (Fsp3) is 0.222. The topological polar surface area (TPSA) is 97.7 Å². The Morgan fingerprint density at radius 3 is 2.37 bits per heavy atom. The van der Waals surface area contributed by atoms with E-state index >= 15 is 0 Å². The highest BCUT2D eigenvalue weighted by Gasteiger charge is 2.27. The van der Waals surface area contributed by atoms with Crippen LogP contribution in [-0.4, -0.2) is 33.1 Å². The van der Waals surface area contributed by atoms with E-state index in [2.05, 4.69) is 9.97 Å². The monoisotopic (exact) mass is 486 g/mol. The third-order valence-electron chi connectivity index (χ3n) is 6.09. The van der Waals surface area contributed by atoms with Crippen LogP contribution in [0, 0.1) is 19.3 Å². The molecule has 0 bridgehead atoms. The van der Waals surface area contributed by atoms with Gasteiger partial charge < -0.3 is 4.98 Å². The van der Waals surface area contributed by atoms with Crippen LogP contribution < -0.4 is 0 Å². The number of hydrogen-bond donors (Lipinski definition) is 1. The molecule has 3 heterocycles. The average molecular weight is 487 g/mol. The largest absolute Gasteiger partial charge is 0.344 e. The summed E-state index contributed by atoms with van der Waals surface area (Å²) in [6.07, 6.45) is 4.82. The van der Waals surface area contributed by atoms with Gasteiger partial charge >= 0.3 is 0 Å². The Balaban J connectivity index is 1.74. The SMILES string of the molecule is Cc1ccc(S(=O)(=O)n2cc(-c3cnc4[nH]cc(C(=O)C(C)(C)C)c4n3)c3ccc(C)cc32)cc1. The van der Waals surface area contributed by atoms with Gasteiger partial charge in [0.25, 0.3) is 10.0 Å². The van der Waals surface area contributed by atoms with Crippen molar-refractivity contribution in [2.75, 3.05) is 0 Å². The normalized spacial score (nSPS) is 12.5. The summed E-state index contributed by atoms with van der Waals surface area (Å²) in [6.45, 7) is 9.41. The van der Waals surface area contributed by atoms with Gasteiger partial charge in [0.2, 0.25) is 0 Å². The quantitative estimate of drug-likeness (QED) is 0.331. The van der Waals surface area contributed by atoms with Gasteiger partial charge in [-0.1, -0.05) is 50.6 Å². The minimum absolute atomic E-state index is 0.0461. The second kappa shape index (κ2) is 7.88. The highest BCUT2D eigenvalue weighted by atomic mass is 32.2. The Morgan fingerprint density at radius 2 is 1.69 bits per heavy atom. The molecule has 0 fully saturated rings. The molecule has 0 atom stereocenters. The number of ketones is 1. The summed E-state index contributed by atoms with van der Waals surface area (Å²) in [5.74, 6) is -0.0461. The summed E-state index contributed by atoms with van der Waals surface area (Å²) in [4.78, 5) is 25.5. The molecule has 0 amide bonds. The number of carbonyl (C=O) groups excluding carboxylic acids is 1. The van der Waals surface area contributed by atoms with Gasteiger partial charge in [-0.05, 0) is 37.6 Å². The zero-order valence-corrected chi connectivity index (χ0v) is 21.1. The number of Topliss-reactive ketones (excluding diaryl/α,β-unsaturated/α-hetero) is 1. The van der Waals surface area contributed by atoms with Crippen LogP contribution in [0.1, 0.15) is 42.3 Å². The number of nitrogens with one attached hydrogen (secondary N) is 1. The van der Waals surface area contributed by atoms with Gasteiger partial charge in [0, 0.05) is 28.8 Å². The van der Waals surface area contributed by atoms with Crippen LogP contribution in [0.4, 0.5) is 0 Å². The molecule has 0 aliphatic rings. The lowest BCUT2D eigenvalue weighted by atomic mass is 9.87. The number of H-pyrrole nitrogens is 1. The van der Waals surface area contributed by atoms with Crippen molar-refractivity contribution in [3.63, 3.8) is 0 Å². The summed E-state index contributed by atoms with van der Waals surface area (Å²) >= 11 is 0. The molecule has 0 saturated heterocycles. The Kier molecular flexibility index (Phi) is 5.18. The number of carbonyl (C=O) groups is 1. The molecule has 0 spiro atoms. The molecule has 0 radical (unpaired) electrons. The zero-order valence-electron chi connectivity index (χ0n) is 20.2. The van der Waals surface area contributed by atoms with E-state index in [9.17, 15) is 13.2 Å². The second-order valence-electron chi connectivity index (χ2n) is 9.91. The lowest BCUT2D eigenvalue weighted by Gasteiger charge is -2.15. The lowest BCUT2D eigenvalue weighted by Crippen LogP contribution is -2.20. The van der Waals surface area contributed by atoms with Crippen molar-refractivity contribution in [1.29, 1.82) is 0 Å². The third kappa shape index (κ3) is 3.83. The average Bonchev–Trinajstić information content (AvgIpc) is 3.39. The molecule has 8 heteroatoms. The molecule has 0 aliphatic heterocycles. The van der Waals surface area contributed by atoms with E-state index in [0.29, 0.717) is 33.5 Å². The fourth-order valence-electron chi connectivity index (χ4n) is 4.13. The molecule has 0 aliphatic carbocycles. The Hall–Kier alpha value is -3.78. The predicted octanol–water partition coefficient (Wildman–Crippen LogP) is 5.66. The predicted molar refractivity (Wildman–Crippen MR) is 137 cm³/mol. The number of aromatic nitrogens is 4. The molecule has 7 nitrogen and oxygen atoms in total. The Morgan fingerprint density at radius 1 is 1.00 bits per heavy atom. The number of aryl methyl sites for hydroxylation is 2. The van der Waals surface area contributed by atoms with E-state index in [4.69, 9.17) is 4.98 Å². The minimum atomic E-state index is -3.85. The summed E-state index contributed by atoms with van der Waals surface area (Å²) < 4.78 is 28.5. The smallest absolute Gasteiger partial charge is 0.268 e. The molecule has 1 N–H and O–H groups in total. The molecule has 5 aromatic rings. The van der Waals surface area contributed by atoms with E-state index in [1.807, 2.05) is 52.8 Å². The van der Waals surface area contributed by atoms with Gasteiger partial charge in [-0.2, -0.15) is 0 Å². The maximum atomic E-state index is 13.6. The van der Waals surface area contributed by atoms with E-state index in [-0.39, 0.29) is 10.7 Å². The highest BCUT2D eigenvalue weighted by molar-refractivity contribution is 7.90. The first kappa shape index (κ1) is 23.0. The van der Waals surface area contributed by atoms with E-state index in [0.717, 1.165) is 16.5 Å². The maximum Gasteiger partial charge on any atom is 0.268 e. The van der Waals surface area contributed by atoms with Gasteiger partial charge in [0.1, 0.15) is 5.52 Å². The van der Waals surface area contributed by atoms with Crippen LogP contribution in [0.15, 0.2) is 66.0 Å². The summed E-state index contributed by atoms with van der Waals surface area (Å²) in [5.41, 5.74) is 4.46. The molecule has 3 aromatic heterocycles. The fourth-order valence-corrected chi connectivity index (χ4v) is 5.49. The van der Waals surface area contributed by atoms with Crippen molar-refractivity contribution < 1.29 is 13.2 Å². The van der Waals surface area contributed by atoms with Gasteiger partial charge in [0.05, 0.1) is 27.9 Å². The van der Waals surface area contributed by atoms with E-state index in [1.54, 1.807) is 42.9 Å². The van der Waals surface area contributed by atoms with Crippen LogP contribution in [0.3, 0.4) is 0 Å². The van der Waals surface area contributed by atoms with Crippen molar-refractivity contribution >= 4 is 37.9 Å². The van der Waals surface area contributed by atoms with Crippen molar-refractivity contribution in [2.45, 2.75) is 39.5 Å². The summed E-state index contributed by atoms with van der Waals surface area (Å²) in [6, 6.07) is 12.5. The summed E-state index contributed by atoms with van der Waals surface area (Å²) in [5, 5.41) is 0.735. The first-order chi connectivity index (χ1) is 16.5. The molecule has 35 heavy (non-hydrogen) atoms. The minimum Gasteiger partial charge on any atom is -0.344 e. The molecular weight excluding hydrogens is 460 g/mol. The van der Waals surface area contributed by atoms with E-state index in [1.165, 1.54) is 3.97 Å². The number of fused-ring (bicyclic) bond motifs is 2. The molecule has 5 rings (SSSR count). The molecule has 0 unspecified atom stereocenters. The maximum absolute atomic E-state index is 13.6. The van der Waals surface area contributed by atoms with Crippen molar-refractivity contribution in [2.24, 2.45) is 5.41 Å². The van der Waals surface area contributed by atoms with Crippen LogP contribution in [0.25, 0.3) is 33.3 Å². The van der Waals surface area contributed by atoms with Gasteiger partial charge in [-0.15, -0.1) is 0 Å². The number of aromatic amines is 1. The highest BCUT2D eigenvalue weighted by Crippen LogP contribution is 2.34. The second-order valence-corrected chi connectivity index (χ2v) is 11.7. The van der Waals surface area contributed by atoms with Crippen LogP contribution >= 0.6 is 0 Å². The first-order valence-corrected chi connectivity index (χ1v) is 12.7. The van der Waals surface area contributed by atoms with Crippen molar-refractivity contribution in [3.05, 3.63) is 77.7 Å². The van der Waals surface area contributed by atoms with Gasteiger partial charge in [0.15, 0.2) is 11.4 Å². The Labute approximate surface area is 203 Å². The first-order valence-electron chi connectivity index (χ1n) is 11.3. The van der Waals surface area contributed by atoms with Crippen LogP contribution in [0.5, 0.6) is 0 Å².